The van der Waals surface area contributed by atoms with E-state index in [9.17, 15) is 4.39 Å². The van der Waals surface area contributed by atoms with Gasteiger partial charge >= 0.3 is 0 Å². The minimum atomic E-state index is -0.254. The van der Waals surface area contributed by atoms with Gasteiger partial charge in [0.2, 0.25) is 0 Å². The summed E-state index contributed by atoms with van der Waals surface area (Å²) in [6.45, 7) is 0.576. The number of rotatable bonds is 3. The first-order valence-electron chi connectivity index (χ1n) is 4.57. The molecule has 1 heterocycles. The lowest BCUT2D eigenvalue weighted by Gasteiger charge is -2.08. The lowest BCUT2D eigenvalue weighted by atomic mass is 10.3. The summed E-state index contributed by atoms with van der Waals surface area (Å²) >= 11 is 3.30. The molecule has 0 saturated carbocycles. The summed E-state index contributed by atoms with van der Waals surface area (Å²) in [5, 5.41) is 3.03. The summed E-state index contributed by atoms with van der Waals surface area (Å²) in [7, 11) is 0. The minimum absolute atomic E-state index is 0.254. The van der Waals surface area contributed by atoms with Gasteiger partial charge in [-0.3, -0.25) is 0 Å². The van der Waals surface area contributed by atoms with Crippen LogP contribution in [0.4, 0.5) is 10.1 Å². The summed E-state index contributed by atoms with van der Waals surface area (Å²) in [5.74, 6) is -0.254. The number of aromatic amines is 1. The first-order valence-corrected chi connectivity index (χ1v) is 5.37. The van der Waals surface area contributed by atoms with E-state index in [4.69, 9.17) is 0 Å². The lowest BCUT2D eigenvalue weighted by Crippen LogP contribution is -2.02. The van der Waals surface area contributed by atoms with Crippen molar-refractivity contribution in [2.24, 2.45) is 0 Å². The van der Waals surface area contributed by atoms with E-state index in [1.807, 2.05) is 18.3 Å². The zero-order valence-corrected chi connectivity index (χ0v) is 9.51. The zero-order valence-electron chi connectivity index (χ0n) is 7.93. The van der Waals surface area contributed by atoms with Gasteiger partial charge in [-0.25, -0.2) is 4.39 Å². The van der Waals surface area contributed by atoms with Crippen LogP contribution >= 0.6 is 15.9 Å². The maximum absolute atomic E-state index is 13.4. The molecule has 2 N–H and O–H groups in total. The van der Waals surface area contributed by atoms with E-state index in [1.54, 1.807) is 12.1 Å². The Morgan fingerprint density at radius 3 is 2.80 bits per heavy atom. The third-order valence-corrected chi connectivity index (χ3v) is 2.74. The van der Waals surface area contributed by atoms with E-state index < -0.39 is 0 Å². The van der Waals surface area contributed by atoms with Crippen LogP contribution in [-0.4, -0.2) is 4.98 Å². The molecule has 0 unspecified atom stereocenters. The van der Waals surface area contributed by atoms with E-state index in [0.29, 0.717) is 12.2 Å². The second-order valence-corrected chi connectivity index (χ2v) is 4.00. The fourth-order valence-corrected chi connectivity index (χ4v) is 1.81. The quantitative estimate of drug-likeness (QED) is 0.876. The fourth-order valence-electron chi connectivity index (χ4n) is 1.33. The number of hydrogen-bond donors (Lipinski definition) is 2. The largest absolute Gasteiger partial charge is 0.376 e. The van der Waals surface area contributed by atoms with Crippen LogP contribution in [-0.2, 0) is 6.54 Å². The van der Waals surface area contributed by atoms with Crippen LogP contribution < -0.4 is 5.32 Å². The van der Waals surface area contributed by atoms with E-state index in [-0.39, 0.29) is 5.82 Å². The van der Waals surface area contributed by atoms with Crippen molar-refractivity contribution < 1.29 is 4.39 Å². The van der Waals surface area contributed by atoms with Crippen molar-refractivity contribution in [3.05, 3.63) is 52.5 Å². The average Bonchev–Trinajstić information content (AvgIpc) is 2.70. The first kappa shape index (κ1) is 10.2. The maximum Gasteiger partial charge on any atom is 0.147 e. The summed E-state index contributed by atoms with van der Waals surface area (Å²) in [5.41, 5.74) is 1.51. The molecule has 0 aliphatic heterocycles. The molecule has 0 fully saturated rings. The van der Waals surface area contributed by atoms with Crippen molar-refractivity contribution in [1.29, 1.82) is 0 Å². The van der Waals surface area contributed by atoms with Crippen molar-refractivity contribution in [3.8, 4) is 0 Å². The topological polar surface area (TPSA) is 27.8 Å². The summed E-state index contributed by atoms with van der Waals surface area (Å²) in [6.07, 6.45) is 1.84. The van der Waals surface area contributed by atoms with Crippen molar-refractivity contribution in [1.82, 2.24) is 4.98 Å². The van der Waals surface area contributed by atoms with Crippen molar-refractivity contribution in [3.63, 3.8) is 0 Å². The van der Waals surface area contributed by atoms with E-state index in [1.165, 1.54) is 6.07 Å². The highest BCUT2D eigenvalue weighted by molar-refractivity contribution is 9.10. The highest BCUT2D eigenvalue weighted by atomic mass is 79.9. The molecule has 1 aromatic carbocycles. The Hall–Kier alpha value is -1.29. The Morgan fingerprint density at radius 2 is 2.13 bits per heavy atom. The van der Waals surface area contributed by atoms with Crippen LogP contribution in [0.1, 0.15) is 5.69 Å². The van der Waals surface area contributed by atoms with Gasteiger partial charge < -0.3 is 10.3 Å². The fraction of sp³-hybridized carbons (Fsp3) is 0.0909. The van der Waals surface area contributed by atoms with Gasteiger partial charge in [0.25, 0.3) is 0 Å². The normalized spacial score (nSPS) is 10.3. The van der Waals surface area contributed by atoms with Gasteiger partial charge in [0.1, 0.15) is 5.82 Å². The second-order valence-electron chi connectivity index (χ2n) is 3.15. The van der Waals surface area contributed by atoms with E-state index in [2.05, 4.69) is 26.2 Å². The van der Waals surface area contributed by atoms with Crippen LogP contribution in [0.25, 0.3) is 0 Å². The molecule has 0 aliphatic carbocycles. The molecule has 1 aromatic heterocycles. The summed E-state index contributed by atoms with van der Waals surface area (Å²) in [6, 6.07) is 8.76. The molecular weight excluding hydrogens is 259 g/mol. The predicted molar refractivity (Wildman–Crippen MR) is 62.2 cm³/mol. The number of benzene rings is 1. The van der Waals surface area contributed by atoms with Gasteiger partial charge in [-0.15, -0.1) is 0 Å². The first-order chi connectivity index (χ1) is 7.27. The molecular formula is C11H10BrFN2. The molecule has 0 amide bonds. The number of hydrogen-bond acceptors (Lipinski definition) is 1. The SMILES string of the molecule is Fc1cccc(Br)c1NCc1ccc[nH]1. The van der Waals surface area contributed by atoms with Crippen LogP contribution in [0.15, 0.2) is 41.0 Å². The monoisotopic (exact) mass is 268 g/mol. The van der Waals surface area contributed by atoms with Gasteiger partial charge in [-0.05, 0) is 40.2 Å². The van der Waals surface area contributed by atoms with Crippen molar-refractivity contribution in [2.75, 3.05) is 5.32 Å². The third-order valence-electron chi connectivity index (χ3n) is 2.08. The summed E-state index contributed by atoms with van der Waals surface area (Å²) < 4.78 is 14.1. The molecule has 0 spiro atoms. The molecule has 2 nitrogen and oxygen atoms in total. The molecule has 4 heteroatoms. The van der Waals surface area contributed by atoms with Crippen LogP contribution in [0.2, 0.25) is 0 Å². The number of H-pyrrole nitrogens is 1. The Kier molecular flexibility index (Phi) is 3.06. The van der Waals surface area contributed by atoms with Gasteiger partial charge in [0.15, 0.2) is 0 Å². The lowest BCUT2D eigenvalue weighted by molar-refractivity contribution is 0.629. The number of aromatic nitrogens is 1. The highest BCUT2D eigenvalue weighted by Gasteiger charge is 2.05. The predicted octanol–water partition coefficient (Wildman–Crippen LogP) is 3.53. The van der Waals surface area contributed by atoms with Crippen molar-refractivity contribution >= 4 is 21.6 Å². The number of nitrogens with one attached hydrogen (secondary N) is 2. The number of para-hydroxylation sites is 1. The molecule has 0 atom stereocenters. The second kappa shape index (κ2) is 4.49. The molecule has 0 saturated heterocycles. The number of anilines is 1. The van der Waals surface area contributed by atoms with Gasteiger partial charge in [0.05, 0.1) is 12.2 Å². The van der Waals surface area contributed by atoms with Gasteiger partial charge in [0, 0.05) is 16.4 Å². The van der Waals surface area contributed by atoms with Crippen LogP contribution in [0, 0.1) is 5.82 Å². The number of halogens is 2. The van der Waals surface area contributed by atoms with Crippen LogP contribution in [0.3, 0.4) is 0 Å². The molecule has 0 aliphatic rings. The Morgan fingerprint density at radius 1 is 1.27 bits per heavy atom. The highest BCUT2D eigenvalue weighted by Crippen LogP contribution is 2.25. The van der Waals surface area contributed by atoms with Gasteiger partial charge in [-0.2, -0.15) is 0 Å². The molecule has 2 rings (SSSR count). The van der Waals surface area contributed by atoms with E-state index in [0.717, 1.165) is 10.2 Å². The average molecular weight is 269 g/mol. The van der Waals surface area contributed by atoms with E-state index >= 15 is 0 Å². The minimum Gasteiger partial charge on any atom is -0.376 e. The summed E-state index contributed by atoms with van der Waals surface area (Å²) in [4.78, 5) is 3.05. The Balaban J connectivity index is 2.11. The Bertz CT molecular complexity index is 420. The van der Waals surface area contributed by atoms with Crippen molar-refractivity contribution in [2.45, 2.75) is 6.54 Å². The smallest absolute Gasteiger partial charge is 0.147 e. The Labute approximate surface area is 95.6 Å². The molecule has 78 valence electrons. The van der Waals surface area contributed by atoms with Crippen LogP contribution in [0.5, 0.6) is 0 Å². The molecule has 0 bridgehead atoms. The molecule has 0 radical (unpaired) electrons. The maximum atomic E-state index is 13.4. The third kappa shape index (κ3) is 2.39. The molecule has 15 heavy (non-hydrogen) atoms. The standard InChI is InChI=1S/C11H10BrFN2/c12-9-4-1-5-10(13)11(9)15-7-8-3-2-6-14-8/h1-6,14-15H,7H2. The van der Waals surface area contributed by atoms with Gasteiger partial charge in [-0.1, -0.05) is 6.07 Å². The zero-order chi connectivity index (χ0) is 10.7. The molecule has 2 aromatic rings.